The third-order valence-corrected chi connectivity index (χ3v) is 4.16. The molecule has 2 aromatic rings. The number of amides is 2. The molecule has 1 aliphatic heterocycles. The molecule has 0 saturated carbocycles. The molecule has 0 saturated heterocycles. The molecular formula is C21H22N2O3. The molecule has 0 radical (unpaired) electrons. The van der Waals surface area contributed by atoms with Crippen LogP contribution in [0.5, 0.6) is 5.75 Å². The van der Waals surface area contributed by atoms with Crippen LogP contribution in [0.2, 0.25) is 0 Å². The van der Waals surface area contributed by atoms with Gasteiger partial charge in [-0.2, -0.15) is 0 Å². The lowest BCUT2D eigenvalue weighted by atomic mass is 10.1. The SMILES string of the molecule is C/C=C/C(Cc1cncc(OC(C)C)c1)N1C(=O)c2ccccc2C1=O. The van der Waals surface area contributed by atoms with Crippen molar-refractivity contribution in [2.45, 2.75) is 39.3 Å². The average Bonchev–Trinajstić information content (AvgIpc) is 2.86. The Bertz CT molecular complexity index is 823. The van der Waals surface area contributed by atoms with Crippen molar-refractivity contribution in [3.8, 4) is 5.75 Å². The van der Waals surface area contributed by atoms with Crippen molar-refractivity contribution in [3.63, 3.8) is 0 Å². The fourth-order valence-corrected chi connectivity index (χ4v) is 3.13. The standard InChI is InChI=1S/C21H22N2O3/c1-4-7-16(10-15-11-17(13-22-12-15)26-14(2)3)23-20(24)18-8-5-6-9-19(18)21(23)25/h4-9,11-14,16H,10H2,1-3H3/b7-4+. The Morgan fingerprint density at radius 2 is 1.77 bits per heavy atom. The number of pyridine rings is 1. The number of aromatic nitrogens is 1. The van der Waals surface area contributed by atoms with Crippen LogP contribution in [0.4, 0.5) is 0 Å². The molecule has 1 atom stereocenters. The van der Waals surface area contributed by atoms with Crippen LogP contribution >= 0.6 is 0 Å². The Morgan fingerprint density at radius 1 is 1.12 bits per heavy atom. The molecule has 5 nitrogen and oxygen atoms in total. The lowest BCUT2D eigenvalue weighted by Gasteiger charge is -2.23. The van der Waals surface area contributed by atoms with Crippen molar-refractivity contribution in [1.82, 2.24) is 9.88 Å². The minimum Gasteiger partial charge on any atom is -0.489 e. The van der Waals surface area contributed by atoms with Crippen molar-refractivity contribution in [3.05, 3.63) is 71.6 Å². The first kappa shape index (κ1) is 17.9. The van der Waals surface area contributed by atoms with Crippen LogP contribution in [0, 0.1) is 0 Å². The predicted molar refractivity (Wildman–Crippen MR) is 99.2 cm³/mol. The summed E-state index contributed by atoms with van der Waals surface area (Å²) in [6.07, 6.45) is 7.67. The van der Waals surface area contributed by atoms with Gasteiger partial charge in [0.2, 0.25) is 0 Å². The Labute approximate surface area is 153 Å². The maximum absolute atomic E-state index is 12.8. The summed E-state index contributed by atoms with van der Waals surface area (Å²) in [4.78, 5) is 31.1. The molecule has 1 aliphatic rings. The number of hydrogen-bond donors (Lipinski definition) is 0. The number of allylic oxidation sites excluding steroid dienone is 1. The Kier molecular flexibility index (Phi) is 5.16. The number of imide groups is 1. The normalized spacial score (nSPS) is 15.0. The number of benzene rings is 1. The predicted octanol–water partition coefficient (Wildman–Crippen LogP) is 3.65. The molecule has 0 aliphatic carbocycles. The number of fused-ring (bicyclic) bond motifs is 1. The molecule has 3 rings (SSSR count). The third kappa shape index (κ3) is 3.52. The molecule has 1 aromatic heterocycles. The molecule has 0 bridgehead atoms. The van der Waals surface area contributed by atoms with Crippen molar-refractivity contribution < 1.29 is 14.3 Å². The van der Waals surface area contributed by atoms with Crippen molar-refractivity contribution >= 4 is 11.8 Å². The van der Waals surface area contributed by atoms with Crippen LogP contribution < -0.4 is 4.74 Å². The smallest absolute Gasteiger partial charge is 0.262 e. The Hall–Kier alpha value is -2.95. The van der Waals surface area contributed by atoms with E-state index in [1.54, 1.807) is 36.7 Å². The van der Waals surface area contributed by atoms with E-state index in [2.05, 4.69) is 4.98 Å². The van der Waals surface area contributed by atoms with Crippen LogP contribution in [0.1, 0.15) is 47.1 Å². The van der Waals surface area contributed by atoms with Gasteiger partial charge in [0.15, 0.2) is 0 Å². The summed E-state index contributed by atoms with van der Waals surface area (Å²) in [6.45, 7) is 5.78. The highest BCUT2D eigenvalue weighted by atomic mass is 16.5. The van der Waals surface area contributed by atoms with E-state index in [9.17, 15) is 9.59 Å². The molecule has 0 spiro atoms. The molecule has 0 N–H and O–H groups in total. The van der Waals surface area contributed by atoms with Gasteiger partial charge in [-0.25, -0.2) is 0 Å². The zero-order chi connectivity index (χ0) is 18.7. The minimum absolute atomic E-state index is 0.0506. The van der Waals surface area contributed by atoms with Gasteiger partial charge in [-0.15, -0.1) is 0 Å². The summed E-state index contributed by atoms with van der Waals surface area (Å²) >= 11 is 0. The van der Waals surface area contributed by atoms with Gasteiger partial charge in [-0.3, -0.25) is 19.5 Å². The maximum Gasteiger partial charge on any atom is 0.262 e. The van der Waals surface area contributed by atoms with Gasteiger partial charge in [-0.05, 0) is 51.0 Å². The number of hydrogen-bond acceptors (Lipinski definition) is 4. The topological polar surface area (TPSA) is 59.5 Å². The van der Waals surface area contributed by atoms with Crippen LogP contribution in [-0.4, -0.2) is 33.8 Å². The van der Waals surface area contributed by atoms with Crippen LogP contribution in [-0.2, 0) is 6.42 Å². The Balaban J connectivity index is 1.87. The van der Waals surface area contributed by atoms with E-state index >= 15 is 0 Å². The number of carbonyl (C=O) groups excluding carboxylic acids is 2. The number of nitrogens with zero attached hydrogens (tertiary/aromatic N) is 2. The van der Waals surface area contributed by atoms with E-state index in [0.717, 1.165) is 5.56 Å². The fourth-order valence-electron chi connectivity index (χ4n) is 3.13. The van der Waals surface area contributed by atoms with Gasteiger partial charge in [0.25, 0.3) is 11.8 Å². The van der Waals surface area contributed by atoms with E-state index in [0.29, 0.717) is 23.3 Å². The summed E-state index contributed by atoms with van der Waals surface area (Å²) in [7, 11) is 0. The highest BCUT2D eigenvalue weighted by Crippen LogP contribution is 2.27. The number of carbonyl (C=O) groups is 2. The maximum atomic E-state index is 12.8. The summed E-state index contributed by atoms with van der Waals surface area (Å²) in [5.74, 6) is 0.173. The first-order chi connectivity index (χ1) is 12.5. The van der Waals surface area contributed by atoms with Crippen LogP contribution in [0.15, 0.2) is 54.9 Å². The molecule has 1 unspecified atom stereocenters. The quantitative estimate of drug-likeness (QED) is 0.589. The fraction of sp³-hybridized carbons (Fsp3) is 0.286. The zero-order valence-corrected chi connectivity index (χ0v) is 15.2. The van der Waals surface area contributed by atoms with Crippen molar-refractivity contribution in [2.75, 3.05) is 0 Å². The molecule has 2 amide bonds. The second-order valence-electron chi connectivity index (χ2n) is 6.52. The van der Waals surface area contributed by atoms with Gasteiger partial charge >= 0.3 is 0 Å². The first-order valence-electron chi connectivity index (χ1n) is 8.71. The van der Waals surface area contributed by atoms with Gasteiger partial charge in [0, 0.05) is 6.20 Å². The Morgan fingerprint density at radius 3 is 2.35 bits per heavy atom. The first-order valence-corrected chi connectivity index (χ1v) is 8.71. The van der Waals surface area contributed by atoms with E-state index < -0.39 is 0 Å². The van der Waals surface area contributed by atoms with Crippen molar-refractivity contribution in [1.29, 1.82) is 0 Å². The molecule has 5 heteroatoms. The molecule has 26 heavy (non-hydrogen) atoms. The molecule has 2 heterocycles. The van der Waals surface area contributed by atoms with Gasteiger partial charge < -0.3 is 4.74 Å². The van der Waals surface area contributed by atoms with Gasteiger partial charge in [-0.1, -0.05) is 24.3 Å². The van der Waals surface area contributed by atoms with E-state index in [4.69, 9.17) is 4.74 Å². The highest BCUT2D eigenvalue weighted by Gasteiger charge is 2.38. The lowest BCUT2D eigenvalue weighted by Crippen LogP contribution is -2.40. The van der Waals surface area contributed by atoms with Gasteiger partial charge in [0.05, 0.1) is 29.5 Å². The molecular weight excluding hydrogens is 328 g/mol. The number of rotatable bonds is 6. The van der Waals surface area contributed by atoms with Crippen molar-refractivity contribution in [2.24, 2.45) is 0 Å². The summed E-state index contributed by atoms with van der Waals surface area (Å²) in [5.41, 5.74) is 1.83. The molecule has 0 fully saturated rings. The third-order valence-electron chi connectivity index (χ3n) is 4.16. The molecule has 134 valence electrons. The second-order valence-corrected chi connectivity index (χ2v) is 6.52. The van der Waals surface area contributed by atoms with Crippen LogP contribution in [0.3, 0.4) is 0 Å². The summed E-state index contributed by atoms with van der Waals surface area (Å²) < 4.78 is 5.69. The number of ether oxygens (including phenoxy) is 1. The lowest BCUT2D eigenvalue weighted by molar-refractivity contribution is 0.0614. The van der Waals surface area contributed by atoms with E-state index in [-0.39, 0.29) is 24.0 Å². The molecule has 1 aromatic carbocycles. The minimum atomic E-state index is -0.372. The van der Waals surface area contributed by atoms with Crippen LogP contribution in [0.25, 0.3) is 0 Å². The second kappa shape index (κ2) is 7.52. The van der Waals surface area contributed by atoms with E-state index in [1.807, 2.05) is 39.0 Å². The monoisotopic (exact) mass is 350 g/mol. The largest absolute Gasteiger partial charge is 0.489 e. The average molecular weight is 350 g/mol. The van der Waals surface area contributed by atoms with E-state index in [1.165, 1.54) is 4.90 Å². The zero-order valence-electron chi connectivity index (χ0n) is 15.2. The van der Waals surface area contributed by atoms with Gasteiger partial charge in [0.1, 0.15) is 5.75 Å². The summed E-state index contributed by atoms with van der Waals surface area (Å²) in [6, 6.07) is 8.47. The summed E-state index contributed by atoms with van der Waals surface area (Å²) in [5, 5.41) is 0. The highest BCUT2D eigenvalue weighted by molar-refractivity contribution is 6.21.